The van der Waals surface area contributed by atoms with Crippen molar-refractivity contribution in [2.24, 2.45) is 0 Å². The van der Waals surface area contributed by atoms with Crippen molar-refractivity contribution in [2.45, 2.75) is 44.3 Å². The maximum Gasteiger partial charge on any atom is 0.303 e. The fourth-order valence-electron chi connectivity index (χ4n) is 0.933. The van der Waals surface area contributed by atoms with E-state index in [1.54, 1.807) is 21.6 Å². The molecular weight excluding hydrogens is 248 g/mol. The number of hydrogen-bond donors (Lipinski definition) is 2. The lowest BCUT2D eigenvalue weighted by atomic mass is 10.1. The number of hydrogen-bond acceptors (Lipinski definition) is 4. The molecule has 0 aliphatic rings. The predicted molar refractivity (Wildman–Crippen MR) is 67.9 cm³/mol. The van der Waals surface area contributed by atoms with E-state index in [0.717, 1.165) is 5.75 Å². The molecule has 0 heterocycles. The van der Waals surface area contributed by atoms with Crippen LogP contribution >= 0.6 is 21.6 Å². The van der Waals surface area contributed by atoms with Crippen molar-refractivity contribution in [3.8, 4) is 0 Å². The lowest BCUT2D eigenvalue weighted by molar-refractivity contribution is -0.138. The number of carboxylic acids is 2. The summed E-state index contributed by atoms with van der Waals surface area (Å²) in [7, 11) is 3.25. The Morgan fingerprint density at radius 2 is 1.69 bits per heavy atom. The van der Waals surface area contributed by atoms with Gasteiger partial charge < -0.3 is 10.2 Å². The Bertz CT molecular complexity index is 241. The van der Waals surface area contributed by atoms with Gasteiger partial charge in [0.15, 0.2) is 0 Å². The Hall–Kier alpha value is -0.360. The van der Waals surface area contributed by atoms with Crippen molar-refractivity contribution >= 4 is 33.5 Å². The van der Waals surface area contributed by atoms with Crippen molar-refractivity contribution in [1.82, 2.24) is 0 Å². The normalized spacial score (nSPS) is 11.4. The minimum atomic E-state index is -0.774. The molecule has 6 heteroatoms. The van der Waals surface area contributed by atoms with E-state index in [9.17, 15) is 9.59 Å². The Balaban J connectivity index is 3.57. The van der Waals surface area contributed by atoms with Gasteiger partial charge in [0.05, 0.1) is 0 Å². The van der Waals surface area contributed by atoms with Gasteiger partial charge in [-0.25, -0.2) is 0 Å². The van der Waals surface area contributed by atoms with Crippen LogP contribution in [0.2, 0.25) is 0 Å². The van der Waals surface area contributed by atoms with Crippen LogP contribution in [-0.2, 0) is 9.59 Å². The molecule has 0 aromatic carbocycles. The van der Waals surface area contributed by atoms with E-state index >= 15 is 0 Å². The maximum absolute atomic E-state index is 10.4. The summed E-state index contributed by atoms with van der Waals surface area (Å²) in [6, 6.07) is 0. The third kappa shape index (κ3) is 10.2. The molecule has 0 unspecified atom stereocenters. The molecule has 16 heavy (non-hydrogen) atoms. The highest BCUT2D eigenvalue weighted by Crippen LogP contribution is 2.39. The molecule has 0 aliphatic heterocycles. The van der Waals surface area contributed by atoms with E-state index in [4.69, 9.17) is 10.2 Å². The highest BCUT2D eigenvalue weighted by molar-refractivity contribution is 8.77. The molecule has 0 saturated carbocycles. The van der Waals surface area contributed by atoms with E-state index in [-0.39, 0.29) is 17.6 Å². The molecule has 0 bridgehead atoms. The summed E-state index contributed by atoms with van der Waals surface area (Å²) >= 11 is 0. The lowest BCUT2D eigenvalue weighted by Gasteiger charge is -2.21. The van der Waals surface area contributed by atoms with Crippen LogP contribution in [-0.4, -0.2) is 32.7 Å². The molecule has 0 fully saturated rings. The minimum absolute atomic E-state index is 0.0771. The van der Waals surface area contributed by atoms with E-state index in [1.807, 2.05) is 13.8 Å². The molecule has 0 aromatic rings. The highest BCUT2D eigenvalue weighted by Gasteiger charge is 2.20. The van der Waals surface area contributed by atoms with E-state index in [2.05, 4.69) is 0 Å². The zero-order chi connectivity index (χ0) is 12.6. The molecule has 0 spiro atoms. The van der Waals surface area contributed by atoms with Gasteiger partial charge in [-0.2, -0.15) is 0 Å². The smallest absolute Gasteiger partial charge is 0.303 e. The van der Waals surface area contributed by atoms with Gasteiger partial charge in [-0.05, 0) is 26.7 Å². The monoisotopic (exact) mass is 266 g/mol. The van der Waals surface area contributed by atoms with Gasteiger partial charge >= 0.3 is 11.9 Å². The van der Waals surface area contributed by atoms with E-state index in [0.29, 0.717) is 12.8 Å². The zero-order valence-electron chi connectivity index (χ0n) is 9.56. The van der Waals surface area contributed by atoms with Gasteiger partial charge in [-0.15, -0.1) is 0 Å². The first-order chi connectivity index (χ1) is 7.33. The molecule has 0 radical (unpaired) electrons. The van der Waals surface area contributed by atoms with Crippen LogP contribution in [0.15, 0.2) is 0 Å². The fourth-order valence-corrected chi connectivity index (χ4v) is 3.59. The van der Waals surface area contributed by atoms with Gasteiger partial charge in [0.25, 0.3) is 0 Å². The second-order valence-corrected chi connectivity index (χ2v) is 7.18. The van der Waals surface area contributed by atoms with Gasteiger partial charge in [0.2, 0.25) is 0 Å². The standard InChI is InChI=1S/C10H18O4S2/c1-10(2,6-5-9(13)14)16-15-7-3-4-8(11)12/h3-7H2,1-2H3,(H,11,12)(H,13,14). The van der Waals surface area contributed by atoms with Crippen LogP contribution in [0.4, 0.5) is 0 Å². The molecule has 4 nitrogen and oxygen atoms in total. The molecule has 0 aliphatic carbocycles. The maximum atomic E-state index is 10.4. The molecule has 0 atom stereocenters. The Morgan fingerprint density at radius 3 is 2.19 bits per heavy atom. The second-order valence-electron chi connectivity index (χ2n) is 4.06. The summed E-state index contributed by atoms with van der Waals surface area (Å²) in [5.41, 5.74) is 0. The predicted octanol–water partition coefficient (Wildman–Crippen LogP) is 2.88. The average Bonchev–Trinajstić information content (AvgIpc) is 2.14. The molecule has 0 saturated heterocycles. The summed E-state index contributed by atoms with van der Waals surface area (Å²) in [4.78, 5) is 20.7. The third-order valence-electron chi connectivity index (χ3n) is 1.84. The zero-order valence-corrected chi connectivity index (χ0v) is 11.2. The number of rotatable bonds is 9. The Morgan fingerprint density at radius 1 is 1.12 bits per heavy atom. The van der Waals surface area contributed by atoms with Crippen molar-refractivity contribution < 1.29 is 19.8 Å². The summed E-state index contributed by atoms with van der Waals surface area (Å²) in [6.07, 6.45) is 1.65. The number of carboxylic acid groups (broad SMARTS) is 2. The van der Waals surface area contributed by atoms with Crippen LogP contribution in [0.5, 0.6) is 0 Å². The first kappa shape index (κ1) is 15.6. The first-order valence-electron chi connectivity index (χ1n) is 5.08. The van der Waals surface area contributed by atoms with Crippen LogP contribution in [0, 0.1) is 0 Å². The van der Waals surface area contributed by atoms with Crippen molar-refractivity contribution in [1.29, 1.82) is 0 Å². The van der Waals surface area contributed by atoms with E-state index < -0.39 is 11.9 Å². The van der Waals surface area contributed by atoms with Gasteiger partial charge in [-0.1, -0.05) is 21.6 Å². The SMILES string of the molecule is CC(C)(CCC(=O)O)SSCCCC(=O)O. The Kier molecular flexibility index (Phi) is 7.66. The molecule has 0 aromatic heterocycles. The first-order valence-corrected chi connectivity index (χ1v) is 7.39. The van der Waals surface area contributed by atoms with Gasteiger partial charge in [-0.3, -0.25) is 9.59 Å². The summed E-state index contributed by atoms with van der Waals surface area (Å²) in [5, 5.41) is 17.0. The quantitative estimate of drug-likeness (QED) is 0.494. The molecule has 94 valence electrons. The lowest BCUT2D eigenvalue weighted by Crippen LogP contribution is -2.15. The fraction of sp³-hybridized carbons (Fsp3) is 0.800. The highest BCUT2D eigenvalue weighted by atomic mass is 33.1. The van der Waals surface area contributed by atoms with Crippen LogP contribution < -0.4 is 0 Å². The second kappa shape index (κ2) is 7.84. The van der Waals surface area contributed by atoms with Gasteiger partial charge in [0, 0.05) is 23.3 Å². The third-order valence-corrected chi connectivity index (χ3v) is 5.28. The van der Waals surface area contributed by atoms with E-state index in [1.165, 1.54) is 0 Å². The van der Waals surface area contributed by atoms with Crippen molar-refractivity contribution in [3.63, 3.8) is 0 Å². The summed E-state index contributed by atoms with van der Waals surface area (Å²) < 4.78 is -0.0771. The van der Waals surface area contributed by atoms with Gasteiger partial charge in [0.1, 0.15) is 0 Å². The van der Waals surface area contributed by atoms with Crippen LogP contribution in [0.25, 0.3) is 0 Å². The van der Waals surface area contributed by atoms with Crippen molar-refractivity contribution in [2.75, 3.05) is 5.75 Å². The van der Waals surface area contributed by atoms with Crippen LogP contribution in [0.1, 0.15) is 39.5 Å². The molecule has 0 amide bonds. The average molecular weight is 266 g/mol. The molecule has 0 rings (SSSR count). The topological polar surface area (TPSA) is 74.6 Å². The molecular formula is C10H18O4S2. The minimum Gasteiger partial charge on any atom is -0.481 e. The Labute approximate surface area is 104 Å². The number of carbonyl (C=O) groups is 2. The van der Waals surface area contributed by atoms with Crippen molar-refractivity contribution in [3.05, 3.63) is 0 Å². The largest absolute Gasteiger partial charge is 0.481 e. The summed E-state index contributed by atoms with van der Waals surface area (Å²) in [5.74, 6) is -0.756. The molecule has 2 N–H and O–H groups in total. The van der Waals surface area contributed by atoms with Crippen LogP contribution in [0.3, 0.4) is 0 Å². The summed E-state index contributed by atoms with van der Waals surface area (Å²) in [6.45, 7) is 4.01. The number of aliphatic carboxylic acids is 2.